The number of carbonyl (C=O) groups is 1. The Morgan fingerprint density at radius 1 is 1.09 bits per heavy atom. The summed E-state index contributed by atoms with van der Waals surface area (Å²) in [6.07, 6.45) is 11.5. The lowest BCUT2D eigenvalue weighted by molar-refractivity contribution is -0.111. The molecule has 4 aliphatic rings. The quantitative estimate of drug-likeness (QED) is 0.609. The predicted molar refractivity (Wildman–Crippen MR) is 101 cm³/mol. The molecule has 5 rings (SSSR count). The van der Waals surface area contributed by atoms with Crippen LogP contribution in [0, 0.1) is 0 Å². The highest BCUT2D eigenvalue weighted by Gasteiger charge is 2.37. The molecule has 23 heavy (non-hydrogen) atoms. The minimum Gasteiger partial charge on any atom is -0.289 e. The second-order valence-electron chi connectivity index (χ2n) is 5.67. The van der Waals surface area contributed by atoms with Gasteiger partial charge in [-0.2, -0.15) is 0 Å². The van der Waals surface area contributed by atoms with E-state index in [-0.39, 0.29) is 10.4 Å². The molecule has 0 fully saturated rings. The molecular formula is C19H12OS3. The van der Waals surface area contributed by atoms with Crippen LogP contribution in [0.4, 0.5) is 0 Å². The van der Waals surface area contributed by atoms with E-state index in [1.165, 1.54) is 20.9 Å². The van der Waals surface area contributed by atoms with Crippen molar-refractivity contribution in [3.63, 3.8) is 0 Å². The summed E-state index contributed by atoms with van der Waals surface area (Å²) in [5, 5.41) is 0. The molecule has 4 heteroatoms. The van der Waals surface area contributed by atoms with E-state index in [2.05, 4.69) is 48.6 Å². The number of fused-ring (bicyclic) bond motifs is 3. The lowest BCUT2D eigenvalue weighted by Gasteiger charge is -2.32. The fourth-order valence-electron chi connectivity index (χ4n) is 3.06. The fourth-order valence-corrected chi connectivity index (χ4v) is 7.39. The van der Waals surface area contributed by atoms with Crippen LogP contribution in [-0.2, 0) is 4.79 Å². The van der Waals surface area contributed by atoms with Gasteiger partial charge in [0.25, 0.3) is 0 Å². The maximum absolute atomic E-state index is 13.0. The van der Waals surface area contributed by atoms with E-state index in [0.29, 0.717) is 0 Å². The minimum absolute atomic E-state index is 0.179. The van der Waals surface area contributed by atoms with Crippen LogP contribution in [0.25, 0.3) is 6.08 Å². The van der Waals surface area contributed by atoms with Crippen molar-refractivity contribution >= 4 is 47.1 Å². The highest BCUT2D eigenvalue weighted by atomic mass is 32.2. The minimum atomic E-state index is 0.179. The first-order chi connectivity index (χ1) is 11.3. The molecule has 1 aromatic carbocycles. The number of benzene rings is 1. The van der Waals surface area contributed by atoms with Gasteiger partial charge in [-0.05, 0) is 41.9 Å². The van der Waals surface area contributed by atoms with Gasteiger partial charge in [0, 0.05) is 20.9 Å². The summed E-state index contributed by atoms with van der Waals surface area (Å²) in [5.74, 6) is 0.208. The van der Waals surface area contributed by atoms with Gasteiger partial charge in [0.2, 0.25) is 0 Å². The maximum atomic E-state index is 13.0. The van der Waals surface area contributed by atoms with Crippen LogP contribution in [0.2, 0.25) is 0 Å². The number of hydrogen-bond acceptors (Lipinski definition) is 4. The van der Waals surface area contributed by atoms with E-state index in [9.17, 15) is 4.79 Å². The first-order valence-electron chi connectivity index (χ1n) is 7.48. The third-order valence-electron chi connectivity index (χ3n) is 4.22. The summed E-state index contributed by atoms with van der Waals surface area (Å²) in [4.78, 5) is 15.6. The zero-order valence-corrected chi connectivity index (χ0v) is 14.6. The predicted octanol–water partition coefficient (Wildman–Crippen LogP) is 5.55. The van der Waals surface area contributed by atoms with E-state index in [0.717, 1.165) is 21.8 Å². The Morgan fingerprint density at radius 3 is 2.96 bits per heavy atom. The molecule has 0 bridgehead atoms. The molecule has 0 N–H and O–H groups in total. The molecule has 0 radical (unpaired) electrons. The lowest BCUT2D eigenvalue weighted by atomic mass is 9.97. The van der Waals surface area contributed by atoms with Crippen molar-refractivity contribution in [3.05, 3.63) is 80.0 Å². The van der Waals surface area contributed by atoms with Crippen molar-refractivity contribution in [2.75, 3.05) is 0 Å². The Bertz CT molecular complexity index is 899. The molecule has 1 unspecified atom stereocenters. The average Bonchev–Trinajstić information content (AvgIpc) is 2.59. The van der Waals surface area contributed by atoms with E-state index in [1.807, 2.05) is 17.8 Å². The van der Waals surface area contributed by atoms with Crippen LogP contribution in [0.15, 0.2) is 79.3 Å². The number of Topliss-reactive ketones (excluding diaryl/α,β-unsaturated/α-hetero) is 1. The van der Waals surface area contributed by atoms with Gasteiger partial charge in [-0.25, -0.2) is 0 Å². The van der Waals surface area contributed by atoms with Gasteiger partial charge >= 0.3 is 0 Å². The van der Waals surface area contributed by atoms with Crippen molar-refractivity contribution in [1.82, 2.24) is 0 Å². The van der Waals surface area contributed by atoms with E-state index < -0.39 is 0 Å². The summed E-state index contributed by atoms with van der Waals surface area (Å²) >= 11 is 5.39. The molecule has 0 saturated carbocycles. The molecule has 0 spiro atoms. The Morgan fingerprint density at radius 2 is 2.00 bits per heavy atom. The monoisotopic (exact) mass is 352 g/mol. The number of carbonyl (C=O) groups excluding carboxylic acids is 1. The van der Waals surface area contributed by atoms with Gasteiger partial charge in [0.15, 0.2) is 5.78 Å². The van der Waals surface area contributed by atoms with Gasteiger partial charge in [-0.1, -0.05) is 53.9 Å². The molecule has 1 aliphatic carbocycles. The van der Waals surface area contributed by atoms with Gasteiger partial charge in [-0.15, -0.1) is 11.8 Å². The second-order valence-corrected chi connectivity index (χ2v) is 9.54. The summed E-state index contributed by atoms with van der Waals surface area (Å²) < 4.78 is 1.34. The fraction of sp³-hybridized carbons (Fsp3) is 0.105. The molecule has 3 aliphatic heterocycles. The van der Waals surface area contributed by atoms with Gasteiger partial charge < -0.3 is 0 Å². The van der Waals surface area contributed by atoms with Crippen molar-refractivity contribution in [3.8, 4) is 0 Å². The highest BCUT2D eigenvalue weighted by molar-refractivity contribution is 8.29. The molecule has 0 aromatic heterocycles. The number of thioether (sulfide) groups is 3. The molecule has 112 valence electrons. The molecule has 1 nitrogen and oxygen atoms in total. The molecule has 0 saturated heterocycles. The van der Waals surface area contributed by atoms with Gasteiger partial charge in [-0.3, -0.25) is 4.79 Å². The van der Waals surface area contributed by atoms with Crippen LogP contribution >= 0.6 is 35.3 Å². The third kappa shape index (κ3) is 2.24. The Kier molecular flexibility index (Phi) is 3.25. The zero-order valence-electron chi connectivity index (χ0n) is 12.1. The van der Waals surface area contributed by atoms with Crippen molar-refractivity contribution < 1.29 is 4.79 Å². The van der Waals surface area contributed by atoms with Crippen LogP contribution in [0.5, 0.6) is 0 Å². The molecular weight excluding hydrogens is 340 g/mol. The number of allylic oxidation sites excluding steroid dienone is 6. The SMILES string of the molecule is O=C1C2=Cc3ccccc3SC2SC2=C1C=C1CC=CC=C1S2. The maximum Gasteiger partial charge on any atom is 0.192 e. The lowest BCUT2D eigenvalue weighted by Crippen LogP contribution is -2.23. The third-order valence-corrected chi connectivity index (χ3v) is 8.35. The van der Waals surface area contributed by atoms with Crippen LogP contribution in [-0.4, -0.2) is 10.4 Å². The standard InChI is InChI=1S/C19H12OS3/c20-17-13-9-11-5-1-3-7-15(11)21-18(13)23-19-14(17)10-12-6-2-4-8-16(12)22-19/h1-5,7-10,18H,6H2. The molecule has 1 aromatic rings. The van der Waals surface area contributed by atoms with Crippen LogP contribution in [0.1, 0.15) is 12.0 Å². The van der Waals surface area contributed by atoms with E-state index in [1.54, 1.807) is 23.5 Å². The normalized spacial score (nSPS) is 24.8. The molecule has 0 amide bonds. The number of rotatable bonds is 0. The first-order valence-corrected chi connectivity index (χ1v) is 10.1. The van der Waals surface area contributed by atoms with Gasteiger partial charge in [0.05, 0.1) is 8.82 Å². The van der Waals surface area contributed by atoms with Crippen molar-refractivity contribution in [2.45, 2.75) is 15.9 Å². The Hall–Kier alpha value is -1.36. The van der Waals surface area contributed by atoms with Crippen molar-refractivity contribution in [2.24, 2.45) is 0 Å². The topological polar surface area (TPSA) is 17.1 Å². The summed E-state index contributed by atoms with van der Waals surface area (Å²) in [5.41, 5.74) is 4.27. The first kappa shape index (κ1) is 14.0. The second kappa shape index (κ2) is 5.33. The molecule has 3 heterocycles. The largest absolute Gasteiger partial charge is 0.289 e. The zero-order chi connectivity index (χ0) is 15.4. The van der Waals surface area contributed by atoms with E-state index >= 15 is 0 Å². The highest BCUT2D eigenvalue weighted by Crippen LogP contribution is 2.56. The van der Waals surface area contributed by atoms with Gasteiger partial charge in [0.1, 0.15) is 0 Å². The number of ketones is 1. The Balaban J connectivity index is 1.60. The summed E-state index contributed by atoms with van der Waals surface area (Å²) in [6, 6.07) is 8.33. The van der Waals surface area contributed by atoms with Crippen LogP contribution < -0.4 is 0 Å². The van der Waals surface area contributed by atoms with E-state index in [4.69, 9.17) is 0 Å². The van der Waals surface area contributed by atoms with Crippen LogP contribution in [0.3, 0.4) is 0 Å². The summed E-state index contributed by atoms with van der Waals surface area (Å²) in [7, 11) is 0. The molecule has 1 atom stereocenters. The average molecular weight is 353 g/mol. The van der Waals surface area contributed by atoms with Crippen molar-refractivity contribution in [1.29, 1.82) is 0 Å². The number of hydrogen-bond donors (Lipinski definition) is 0. The Labute approximate surface area is 147 Å². The smallest absolute Gasteiger partial charge is 0.192 e. The summed E-state index contributed by atoms with van der Waals surface area (Å²) in [6.45, 7) is 0.